The first kappa shape index (κ1) is 14.3. The molecule has 0 aliphatic carbocycles. The van der Waals surface area contributed by atoms with Crippen molar-refractivity contribution in [2.45, 2.75) is 25.9 Å². The number of rotatable bonds is 3. The van der Waals surface area contributed by atoms with Crippen molar-refractivity contribution in [3.8, 4) is 5.88 Å². The van der Waals surface area contributed by atoms with Crippen LogP contribution in [0.1, 0.15) is 41.4 Å². The maximum Gasteiger partial charge on any atom is 0.433 e. The van der Waals surface area contributed by atoms with Crippen molar-refractivity contribution in [3.63, 3.8) is 0 Å². The second kappa shape index (κ2) is 4.83. The van der Waals surface area contributed by atoms with Gasteiger partial charge in [0.05, 0.1) is 7.11 Å². The molecule has 0 radical (unpaired) electrons. The molecule has 0 bridgehead atoms. The van der Waals surface area contributed by atoms with E-state index in [9.17, 15) is 18.0 Å². The highest BCUT2D eigenvalue weighted by molar-refractivity contribution is 5.96. The Labute approximate surface area is 102 Å². The van der Waals surface area contributed by atoms with Gasteiger partial charge in [-0.25, -0.2) is 4.98 Å². The standard InChI is InChI=1S/C11H13F3N2O2/c1-5(2)6-4-7(11(12,13)14)16-10(18-3)8(6)9(15)17/h4-5H,1-3H3,(H2,15,17). The first-order chi connectivity index (χ1) is 8.18. The number of hydrogen-bond donors (Lipinski definition) is 1. The zero-order valence-electron chi connectivity index (χ0n) is 10.1. The lowest BCUT2D eigenvalue weighted by molar-refractivity contribution is -0.141. The number of nitrogens with two attached hydrogens (primary N) is 1. The highest BCUT2D eigenvalue weighted by Gasteiger charge is 2.35. The van der Waals surface area contributed by atoms with Gasteiger partial charge in [0, 0.05) is 0 Å². The third-order valence-corrected chi connectivity index (χ3v) is 2.37. The van der Waals surface area contributed by atoms with E-state index in [1.165, 1.54) is 0 Å². The van der Waals surface area contributed by atoms with Crippen LogP contribution < -0.4 is 10.5 Å². The fourth-order valence-electron chi connectivity index (χ4n) is 1.54. The third kappa shape index (κ3) is 2.72. The summed E-state index contributed by atoms with van der Waals surface area (Å²) in [4.78, 5) is 14.6. The fourth-order valence-corrected chi connectivity index (χ4v) is 1.54. The smallest absolute Gasteiger partial charge is 0.433 e. The third-order valence-electron chi connectivity index (χ3n) is 2.37. The van der Waals surface area contributed by atoms with Crippen LogP contribution in [-0.2, 0) is 6.18 Å². The Morgan fingerprint density at radius 2 is 2.00 bits per heavy atom. The van der Waals surface area contributed by atoms with Gasteiger partial charge in [-0.15, -0.1) is 0 Å². The molecule has 0 fully saturated rings. The number of pyridine rings is 1. The molecule has 1 aromatic heterocycles. The van der Waals surface area contributed by atoms with Gasteiger partial charge in [-0.2, -0.15) is 13.2 Å². The Balaban J connectivity index is 3.59. The molecular weight excluding hydrogens is 249 g/mol. The molecule has 2 N–H and O–H groups in total. The number of aromatic nitrogens is 1. The van der Waals surface area contributed by atoms with Crippen molar-refractivity contribution < 1.29 is 22.7 Å². The Kier molecular flexibility index (Phi) is 3.83. The quantitative estimate of drug-likeness (QED) is 0.909. The normalized spacial score (nSPS) is 11.7. The van der Waals surface area contributed by atoms with Crippen LogP contribution in [0.25, 0.3) is 0 Å². The van der Waals surface area contributed by atoms with E-state index >= 15 is 0 Å². The Morgan fingerprint density at radius 1 is 1.44 bits per heavy atom. The maximum absolute atomic E-state index is 12.6. The number of primary amides is 1. The second-order valence-corrected chi connectivity index (χ2v) is 4.00. The summed E-state index contributed by atoms with van der Waals surface area (Å²) in [6, 6.07) is 0.827. The predicted octanol–water partition coefficient (Wildman–Crippen LogP) is 2.33. The number of halogens is 3. The number of hydrogen-bond acceptors (Lipinski definition) is 3. The fraction of sp³-hybridized carbons (Fsp3) is 0.455. The van der Waals surface area contributed by atoms with E-state index in [4.69, 9.17) is 10.5 Å². The molecule has 0 unspecified atom stereocenters. The SMILES string of the molecule is COc1nc(C(F)(F)F)cc(C(C)C)c1C(N)=O. The molecule has 0 spiro atoms. The van der Waals surface area contributed by atoms with Crippen LogP contribution in [-0.4, -0.2) is 18.0 Å². The molecule has 0 aromatic carbocycles. The van der Waals surface area contributed by atoms with E-state index in [1.54, 1.807) is 13.8 Å². The number of carbonyl (C=O) groups excluding carboxylic acids is 1. The van der Waals surface area contributed by atoms with Crippen LogP contribution in [0.15, 0.2) is 6.07 Å². The van der Waals surface area contributed by atoms with Gasteiger partial charge in [0.25, 0.3) is 5.91 Å². The molecule has 4 nitrogen and oxygen atoms in total. The predicted molar refractivity (Wildman–Crippen MR) is 58.4 cm³/mol. The molecule has 1 amide bonds. The highest BCUT2D eigenvalue weighted by Crippen LogP contribution is 2.34. The van der Waals surface area contributed by atoms with Crippen molar-refractivity contribution >= 4 is 5.91 Å². The van der Waals surface area contributed by atoms with Crippen molar-refractivity contribution in [1.82, 2.24) is 4.98 Å². The van der Waals surface area contributed by atoms with Crippen LogP contribution in [0.4, 0.5) is 13.2 Å². The van der Waals surface area contributed by atoms with Gasteiger partial charge in [-0.3, -0.25) is 4.79 Å². The van der Waals surface area contributed by atoms with Crippen molar-refractivity contribution in [2.24, 2.45) is 5.73 Å². The number of carbonyl (C=O) groups is 1. The van der Waals surface area contributed by atoms with Gasteiger partial charge in [0.15, 0.2) is 0 Å². The molecule has 1 rings (SSSR count). The summed E-state index contributed by atoms with van der Waals surface area (Å²) < 4.78 is 42.7. The van der Waals surface area contributed by atoms with Crippen molar-refractivity contribution in [2.75, 3.05) is 7.11 Å². The Morgan fingerprint density at radius 3 is 2.33 bits per heavy atom. The number of nitrogens with zero attached hydrogens (tertiary/aromatic N) is 1. The maximum atomic E-state index is 12.6. The summed E-state index contributed by atoms with van der Waals surface area (Å²) in [5.74, 6) is -1.58. The molecule has 7 heteroatoms. The van der Waals surface area contributed by atoms with Gasteiger partial charge in [0.2, 0.25) is 5.88 Å². The average Bonchev–Trinajstić information content (AvgIpc) is 2.25. The van der Waals surface area contributed by atoms with Gasteiger partial charge < -0.3 is 10.5 Å². The van der Waals surface area contributed by atoms with E-state index in [0.717, 1.165) is 13.2 Å². The first-order valence-electron chi connectivity index (χ1n) is 5.14. The van der Waals surface area contributed by atoms with Crippen LogP contribution in [0, 0.1) is 0 Å². The number of amides is 1. The lowest BCUT2D eigenvalue weighted by Gasteiger charge is -2.16. The lowest BCUT2D eigenvalue weighted by atomic mass is 9.97. The molecular formula is C11H13F3N2O2. The van der Waals surface area contributed by atoms with Gasteiger partial charge >= 0.3 is 6.18 Å². The highest BCUT2D eigenvalue weighted by atomic mass is 19.4. The molecule has 1 heterocycles. The van der Waals surface area contributed by atoms with Gasteiger partial charge in [-0.05, 0) is 17.5 Å². The number of alkyl halides is 3. The molecule has 0 saturated heterocycles. The van der Waals surface area contributed by atoms with Gasteiger partial charge in [0.1, 0.15) is 11.3 Å². The van der Waals surface area contributed by atoms with Crippen LogP contribution in [0.5, 0.6) is 5.88 Å². The first-order valence-corrected chi connectivity index (χ1v) is 5.14. The minimum Gasteiger partial charge on any atom is -0.480 e. The molecule has 0 saturated carbocycles. The minimum atomic E-state index is -4.60. The average molecular weight is 262 g/mol. The number of ether oxygens (including phenoxy) is 1. The summed E-state index contributed by atoms with van der Waals surface area (Å²) >= 11 is 0. The van der Waals surface area contributed by atoms with Crippen molar-refractivity contribution in [1.29, 1.82) is 0 Å². The molecule has 18 heavy (non-hydrogen) atoms. The summed E-state index contributed by atoms with van der Waals surface area (Å²) in [5.41, 5.74) is 4.10. The van der Waals surface area contributed by atoms with Crippen molar-refractivity contribution in [3.05, 3.63) is 22.9 Å². The van der Waals surface area contributed by atoms with E-state index in [2.05, 4.69) is 4.98 Å². The zero-order valence-corrected chi connectivity index (χ0v) is 10.1. The lowest BCUT2D eigenvalue weighted by Crippen LogP contribution is -2.19. The molecule has 1 aromatic rings. The van der Waals surface area contributed by atoms with E-state index < -0.39 is 23.7 Å². The van der Waals surface area contributed by atoms with E-state index in [0.29, 0.717) is 0 Å². The molecule has 0 aliphatic heterocycles. The molecule has 0 aliphatic rings. The van der Waals surface area contributed by atoms with Gasteiger partial charge in [-0.1, -0.05) is 13.8 Å². The topological polar surface area (TPSA) is 65.2 Å². The zero-order chi connectivity index (χ0) is 14.1. The van der Waals surface area contributed by atoms with E-state index in [1.807, 2.05) is 0 Å². The Bertz CT molecular complexity index is 470. The number of methoxy groups -OCH3 is 1. The van der Waals surface area contributed by atoms with Crippen LogP contribution >= 0.6 is 0 Å². The molecule has 100 valence electrons. The summed E-state index contributed by atoms with van der Waals surface area (Å²) in [6.45, 7) is 3.31. The summed E-state index contributed by atoms with van der Waals surface area (Å²) in [5, 5.41) is 0. The summed E-state index contributed by atoms with van der Waals surface area (Å²) in [6.07, 6.45) is -4.60. The largest absolute Gasteiger partial charge is 0.480 e. The second-order valence-electron chi connectivity index (χ2n) is 4.00. The summed E-state index contributed by atoms with van der Waals surface area (Å²) in [7, 11) is 1.14. The van der Waals surface area contributed by atoms with E-state index in [-0.39, 0.29) is 17.0 Å². The van der Waals surface area contributed by atoms with Crippen LogP contribution in [0.2, 0.25) is 0 Å². The molecule has 0 atom stereocenters. The monoisotopic (exact) mass is 262 g/mol. The van der Waals surface area contributed by atoms with Crippen LogP contribution in [0.3, 0.4) is 0 Å². The minimum absolute atomic E-state index is 0.111. The Hall–Kier alpha value is -1.79.